The average Bonchev–Trinajstić information content (AvgIpc) is 3.33. The number of ether oxygens (including phenoxy) is 4. The molecule has 1 aromatic carbocycles. The van der Waals surface area contributed by atoms with Crippen molar-refractivity contribution in [2.45, 2.75) is 104 Å². The largest absolute Gasteiger partial charge is 0.493 e. The Hall–Kier alpha value is -2.83. The van der Waals surface area contributed by atoms with Crippen molar-refractivity contribution in [3.05, 3.63) is 51.6 Å². The molecule has 8 atom stereocenters. The molecule has 4 aliphatic heterocycles. The molecule has 44 heavy (non-hydrogen) atoms. The third-order valence-electron chi connectivity index (χ3n) is 10.6. The summed E-state index contributed by atoms with van der Waals surface area (Å²) in [7, 11) is 0. The van der Waals surface area contributed by atoms with E-state index in [4.69, 9.17) is 33.1 Å². The minimum Gasteiger partial charge on any atom is -0.493 e. The highest BCUT2D eigenvalue weighted by molar-refractivity contribution is 5.82. The Bertz CT molecular complexity index is 1570. The van der Waals surface area contributed by atoms with Gasteiger partial charge in [0.15, 0.2) is 18.2 Å². The first-order valence-electron chi connectivity index (χ1n) is 16.0. The van der Waals surface area contributed by atoms with Gasteiger partial charge >= 0.3 is 5.63 Å². The van der Waals surface area contributed by atoms with Crippen molar-refractivity contribution >= 4 is 11.0 Å². The molecule has 6 heterocycles. The van der Waals surface area contributed by atoms with Crippen molar-refractivity contribution in [2.75, 3.05) is 13.2 Å². The van der Waals surface area contributed by atoms with Gasteiger partial charge in [0.05, 0.1) is 18.9 Å². The van der Waals surface area contributed by atoms with E-state index in [-0.39, 0.29) is 23.8 Å². The fourth-order valence-corrected chi connectivity index (χ4v) is 7.84. The summed E-state index contributed by atoms with van der Waals surface area (Å²) >= 11 is 0. The molecule has 0 unspecified atom stereocenters. The highest BCUT2D eigenvalue weighted by Crippen LogP contribution is 2.60. The molecule has 1 spiro atoms. The standard InChI is InChI=1S/C33H43N3O8/c1-19-7-10-27-22(4)30(41-31-33(27)26(19)11-13-32(5,42-31)43-44-33)39-16-12-23-18-36(35-34-23)14-6-15-38-24-8-9-25-20(2)21(3)29(37)40-28(25)17-24/h8-9,17-19,22,26-27,30-31H,6-7,10-16H2,1-5H3/t19-,22-,26+,27+,30+,31-,32-,33-/m1/s1. The lowest BCUT2D eigenvalue weighted by Crippen LogP contribution is -2.70. The average molecular weight is 610 g/mol. The molecule has 0 N–H and O–H groups in total. The second kappa shape index (κ2) is 11.5. The highest BCUT2D eigenvalue weighted by atomic mass is 17.3. The predicted molar refractivity (Wildman–Crippen MR) is 159 cm³/mol. The fraction of sp³-hybridized carbons (Fsp3) is 0.667. The molecule has 8 rings (SSSR count). The molecule has 11 heteroatoms. The zero-order valence-electron chi connectivity index (χ0n) is 26.2. The van der Waals surface area contributed by atoms with Crippen molar-refractivity contribution in [3.8, 4) is 5.75 Å². The van der Waals surface area contributed by atoms with Crippen LogP contribution in [0, 0.1) is 37.5 Å². The molecule has 0 radical (unpaired) electrons. The first-order valence-corrected chi connectivity index (χ1v) is 16.0. The van der Waals surface area contributed by atoms with E-state index < -0.39 is 17.7 Å². The maximum Gasteiger partial charge on any atom is 0.339 e. The number of fused-ring (bicyclic) bond motifs is 3. The van der Waals surface area contributed by atoms with Gasteiger partial charge in [-0.3, -0.25) is 4.68 Å². The van der Waals surface area contributed by atoms with Crippen LogP contribution in [0.15, 0.2) is 33.6 Å². The fourth-order valence-electron chi connectivity index (χ4n) is 7.84. The summed E-state index contributed by atoms with van der Waals surface area (Å²) in [5, 5.41) is 9.53. The van der Waals surface area contributed by atoms with Crippen LogP contribution in [0.4, 0.5) is 0 Å². The maximum atomic E-state index is 12.0. The Morgan fingerprint density at radius 2 is 1.93 bits per heavy atom. The van der Waals surface area contributed by atoms with Crippen molar-refractivity contribution in [1.82, 2.24) is 15.0 Å². The van der Waals surface area contributed by atoms with Crippen LogP contribution in [0.3, 0.4) is 0 Å². The quantitative estimate of drug-likeness (QED) is 0.181. The van der Waals surface area contributed by atoms with E-state index in [0.717, 1.165) is 48.7 Å². The summed E-state index contributed by atoms with van der Waals surface area (Å²) in [6.45, 7) is 11.8. The zero-order chi connectivity index (χ0) is 30.6. The normalized spacial score (nSPS) is 34.6. The van der Waals surface area contributed by atoms with Crippen LogP contribution in [0.1, 0.15) is 69.7 Å². The Kier molecular flexibility index (Phi) is 7.81. The topological polar surface area (TPSA) is 116 Å². The Balaban J connectivity index is 0.903. The number of hydrogen-bond donors (Lipinski definition) is 0. The van der Waals surface area contributed by atoms with Gasteiger partial charge in [-0.2, -0.15) is 0 Å². The van der Waals surface area contributed by atoms with Gasteiger partial charge in [0, 0.05) is 60.9 Å². The first kappa shape index (κ1) is 29.9. The van der Waals surface area contributed by atoms with Crippen molar-refractivity contribution in [3.63, 3.8) is 0 Å². The molecule has 3 aromatic rings. The van der Waals surface area contributed by atoms with Gasteiger partial charge in [-0.25, -0.2) is 14.6 Å². The molecular formula is C33H43N3O8. The minimum absolute atomic E-state index is 0.137. The summed E-state index contributed by atoms with van der Waals surface area (Å²) in [6.07, 6.45) is 6.43. The number of hydrogen-bond acceptors (Lipinski definition) is 10. The lowest BCUT2D eigenvalue weighted by molar-refractivity contribution is -0.577. The predicted octanol–water partition coefficient (Wildman–Crippen LogP) is 5.24. The lowest BCUT2D eigenvalue weighted by atomic mass is 9.58. The van der Waals surface area contributed by atoms with E-state index in [1.165, 1.54) is 0 Å². The molecular weight excluding hydrogens is 566 g/mol. The molecule has 0 amide bonds. The first-order chi connectivity index (χ1) is 21.2. The van der Waals surface area contributed by atoms with Crippen LogP contribution in [0.5, 0.6) is 5.75 Å². The minimum atomic E-state index is -0.794. The SMILES string of the molecule is Cc1c(C)c2ccc(OCCCn3cc(CCO[C@H]4O[C@@H]5O[C@@]6(C)CC[C@H]7[C@H](C)CC[C@@H]([C@H]4C)[C@@]57OO6)nn3)cc2oc1=O. The van der Waals surface area contributed by atoms with Gasteiger partial charge in [-0.05, 0) is 69.6 Å². The van der Waals surface area contributed by atoms with Crippen LogP contribution in [0.2, 0.25) is 0 Å². The van der Waals surface area contributed by atoms with Crippen molar-refractivity contribution in [2.24, 2.45) is 23.7 Å². The summed E-state index contributed by atoms with van der Waals surface area (Å²) in [6, 6.07) is 5.61. The Morgan fingerprint density at radius 3 is 2.80 bits per heavy atom. The van der Waals surface area contributed by atoms with Gasteiger partial charge in [-0.15, -0.1) is 5.10 Å². The number of nitrogens with zero attached hydrogens (tertiary/aromatic N) is 3. The maximum absolute atomic E-state index is 12.0. The van der Waals surface area contributed by atoms with Crippen LogP contribution < -0.4 is 10.4 Å². The van der Waals surface area contributed by atoms with Crippen molar-refractivity contribution in [1.29, 1.82) is 0 Å². The van der Waals surface area contributed by atoms with Gasteiger partial charge in [0.2, 0.25) is 5.79 Å². The molecule has 5 fully saturated rings. The Labute approximate surface area is 257 Å². The van der Waals surface area contributed by atoms with Crippen molar-refractivity contribution < 1.29 is 33.1 Å². The number of aromatic nitrogens is 3. The molecule has 238 valence electrons. The van der Waals surface area contributed by atoms with E-state index in [2.05, 4.69) is 24.2 Å². The van der Waals surface area contributed by atoms with Crippen LogP contribution >= 0.6 is 0 Å². The monoisotopic (exact) mass is 609 g/mol. The second-order valence-corrected chi connectivity index (χ2v) is 13.4. The van der Waals surface area contributed by atoms with Crippen LogP contribution in [-0.4, -0.2) is 52.2 Å². The molecule has 2 bridgehead atoms. The molecule has 2 aromatic heterocycles. The molecule has 5 aliphatic rings. The summed E-state index contributed by atoms with van der Waals surface area (Å²) < 4.78 is 32.5. The zero-order valence-corrected chi connectivity index (χ0v) is 26.2. The molecule has 4 saturated heterocycles. The van der Waals surface area contributed by atoms with Gasteiger partial charge < -0.3 is 23.4 Å². The van der Waals surface area contributed by atoms with Gasteiger partial charge in [0.25, 0.3) is 0 Å². The highest BCUT2D eigenvalue weighted by Gasteiger charge is 2.69. The molecule has 1 aliphatic carbocycles. The molecule has 1 saturated carbocycles. The van der Waals surface area contributed by atoms with E-state index in [1.807, 2.05) is 36.9 Å². The Morgan fingerprint density at radius 1 is 1.07 bits per heavy atom. The van der Waals surface area contributed by atoms with Crippen LogP contribution in [0.25, 0.3) is 11.0 Å². The number of benzene rings is 1. The summed E-state index contributed by atoms with van der Waals surface area (Å²) in [4.78, 5) is 24.2. The van der Waals surface area contributed by atoms with Gasteiger partial charge in [-0.1, -0.05) is 19.1 Å². The van der Waals surface area contributed by atoms with Gasteiger partial charge in [0.1, 0.15) is 11.3 Å². The number of aryl methyl sites for hydroxylation is 2. The van der Waals surface area contributed by atoms with E-state index in [0.29, 0.717) is 54.9 Å². The summed E-state index contributed by atoms with van der Waals surface area (Å²) in [5.41, 5.74) is 2.07. The second-order valence-electron chi connectivity index (χ2n) is 13.4. The van der Waals surface area contributed by atoms with Crippen LogP contribution in [-0.2, 0) is 37.0 Å². The molecule has 11 nitrogen and oxygen atoms in total. The van der Waals surface area contributed by atoms with E-state index >= 15 is 0 Å². The van der Waals surface area contributed by atoms with E-state index in [1.54, 1.807) is 13.0 Å². The third kappa shape index (κ3) is 5.16. The lowest BCUT2D eigenvalue weighted by Gasteiger charge is -2.60. The summed E-state index contributed by atoms with van der Waals surface area (Å²) in [5.74, 6) is 1.11. The third-order valence-corrected chi connectivity index (χ3v) is 10.6. The van der Waals surface area contributed by atoms with E-state index in [9.17, 15) is 4.79 Å². The number of rotatable bonds is 9. The smallest absolute Gasteiger partial charge is 0.339 e.